The zero-order valence-electron chi connectivity index (χ0n) is 9.02. The average molecular weight is 329 g/mol. The SMILES string of the molecule is O=Cc1ncoc1[C@H]1Cc2cc(Cl)cc(Br)c2O1. The van der Waals surface area contributed by atoms with Gasteiger partial charge in [0.2, 0.25) is 0 Å². The van der Waals surface area contributed by atoms with Gasteiger partial charge in [0.1, 0.15) is 11.4 Å². The summed E-state index contributed by atoms with van der Waals surface area (Å²) in [4.78, 5) is 14.7. The maximum Gasteiger partial charge on any atom is 0.181 e. The summed E-state index contributed by atoms with van der Waals surface area (Å²) < 4.78 is 11.8. The molecule has 0 N–H and O–H groups in total. The third-order valence-electron chi connectivity index (χ3n) is 2.78. The molecule has 0 unspecified atom stereocenters. The maximum absolute atomic E-state index is 10.8. The molecule has 2 aromatic rings. The highest BCUT2D eigenvalue weighted by molar-refractivity contribution is 9.10. The van der Waals surface area contributed by atoms with Crippen molar-refractivity contribution in [1.29, 1.82) is 0 Å². The Morgan fingerprint density at radius 1 is 1.50 bits per heavy atom. The topological polar surface area (TPSA) is 52.3 Å². The van der Waals surface area contributed by atoms with E-state index in [1.807, 2.05) is 6.07 Å². The Kier molecular flexibility index (Phi) is 2.87. The number of fused-ring (bicyclic) bond motifs is 1. The lowest BCUT2D eigenvalue weighted by atomic mass is 10.1. The van der Waals surface area contributed by atoms with Gasteiger partial charge in [0, 0.05) is 17.0 Å². The van der Waals surface area contributed by atoms with Crippen molar-refractivity contribution in [3.8, 4) is 5.75 Å². The molecule has 0 saturated carbocycles. The Morgan fingerprint density at radius 2 is 2.33 bits per heavy atom. The van der Waals surface area contributed by atoms with Gasteiger partial charge in [-0.05, 0) is 28.1 Å². The molecule has 6 heteroatoms. The Morgan fingerprint density at radius 3 is 3.11 bits per heavy atom. The summed E-state index contributed by atoms with van der Waals surface area (Å²) in [5, 5.41) is 0.637. The Bertz CT molecular complexity index is 626. The Balaban J connectivity index is 1.98. The van der Waals surface area contributed by atoms with Crippen molar-refractivity contribution in [2.45, 2.75) is 12.5 Å². The Labute approximate surface area is 116 Å². The third kappa shape index (κ3) is 1.83. The van der Waals surface area contributed by atoms with Crippen molar-refractivity contribution in [3.05, 3.63) is 45.0 Å². The molecule has 0 fully saturated rings. The van der Waals surface area contributed by atoms with Crippen LogP contribution in [0, 0.1) is 0 Å². The smallest absolute Gasteiger partial charge is 0.181 e. The number of aromatic nitrogens is 1. The highest BCUT2D eigenvalue weighted by Gasteiger charge is 2.31. The predicted molar refractivity (Wildman–Crippen MR) is 68.1 cm³/mol. The zero-order chi connectivity index (χ0) is 12.7. The number of oxazole rings is 1. The van der Waals surface area contributed by atoms with Crippen molar-refractivity contribution in [1.82, 2.24) is 4.98 Å². The average Bonchev–Trinajstić information content (AvgIpc) is 2.92. The minimum atomic E-state index is -0.336. The van der Waals surface area contributed by atoms with E-state index in [-0.39, 0.29) is 11.8 Å². The maximum atomic E-state index is 10.8. The standard InChI is InChI=1S/C12H7BrClNO3/c13-8-3-7(14)1-6-2-10(18-11(6)8)12-9(4-16)15-5-17-12/h1,3-5,10H,2H2/t10-/m1/s1. The van der Waals surface area contributed by atoms with Crippen LogP contribution in [0.2, 0.25) is 5.02 Å². The van der Waals surface area contributed by atoms with Crippen LogP contribution in [0.4, 0.5) is 0 Å². The van der Waals surface area contributed by atoms with Crippen LogP contribution < -0.4 is 4.74 Å². The van der Waals surface area contributed by atoms with Crippen LogP contribution in [0.15, 0.2) is 27.4 Å². The molecule has 1 aromatic carbocycles. The number of hydrogen-bond donors (Lipinski definition) is 0. The fourth-order valence-electron chi connectivity index (χ4n) is 2.02. The molecule has 0 bridgehead atoms. The summed E-state index contributed by atoms with van der Waals surface area (Å²) in [7, 11) is 0. The van der Waals surface area contributed by atoms with Gasteiger partial charge in [-0.25, -0.2) is 4.98 Å². The number of ether oxygens (including phenoxy) is 1. The van der Waals surface area contributed by atoms with Crippen molar-refractivity contribution in [2.75, 3.05) is 0 Å². The first kappa shape index (κ1) is 11.7. The minimum absolute atomic E-state index is 0.273. The summed E-state index contributed by atoms with van der Waals surface area (Å²) in [6, 6.07) is 3.61. The van der Waals surface area contributed by atoms with E-state index in [1.54, 1.807) is 6.07 Å². The highest BCUT2D eigenvalue weighted by atomic mass is 79.9. The summed E-state index contributed by atoms with van der Waals surface area (Å²) in [5.41, 5.74) is 1.25. The van der Waals surface area contributed by atoms with Gasteiger partial charge in [0.05, 0.1) is 4.47 Å². The fourth-order valence-corrected chi connectivity index (χ4v) is 2.99. The van der Waals surface area contributed by atoms with Crippen LogP contribution in [0.1, 0.15) is 27.9 Å². The van der Waals surface area contributed by atoms with Crippen LogP contribution in [0.5, 0.6) is 5.75 Å². The fraction of sp³-hybridized carbons (Fsp3) is 0.167. The lowest BCUT2D eigenvalue weighted by molar-refractivity contribution is 0.111. The monoisotopic (exact) mass is 327 g/mol. The predicted octanol–water partition coefficient (Wildman–Crippen LogP) is 3.58. The molecule has 92 valence electrons. The third-order valence-corrected chi connectivity index (χ3v) is 3.59. The Hall–Kier alpha value is -1.33. The number of carbonyl (C=O) groups is 1. The number of rotatable bonds is 2. The van der Waals surface area contributed by atoms with E-state index in [9.17, 15) is 4.79 Å². The quantitative estimate of drug-likeness (QED) is 0.791. The molecule has 1 atom stereocenters. The van der Waals surface area contributed by atoms with Crippen molar-refractivity contribution in [2.24, 2.45) is 0 Å². The molecule has 0 amide bonds. The van der Waals surface area contributed by atoms with Crippen molar-refractivity contribution >= 4 is 33.8 Å². The molecule has 1 aliphatic heterocycles. The van der Waals surface area contributed by atoms with Crippen molar-refractivity contribution < 1.29 is 13.9 Å². The van der Waals surface area contributed by atoms with E-state index in [4.69, 9.17) is 20.8 Å². The number of benzene rings is 1. The molecule has 1 aromatic heterocycles. The summed E-state index contributed by atoms with van der Waals surface area (Å²) in [6.45, 7) is 0. The van der Waals surface area contributed by atoms with Gasteiger partial charge in [-0.3, -0.25) is 4.79 Å². The summed E-state index contributed by atoms with van der Waals surface area (Å²) >= 11 is 9.38. The first-order valence-corrected chi connectivity index (χ1v) is 6.39. The van der Waals surface area contributed by atoms with Crippen molar-refractivity contribution in [3.63, 3.8) is 0 Å². The van der Waals surface area contributed by atoms with E-state index < -0.39 is 0 Å². The van der Waals surface area contributed by atoms with E-state index in [2.05, 4.69) is 20.9 Å². The molecular weight excluding hydrogens is 321 g/mol. The van der Waals surface area contributed by atoms with Crippen LogP contribution >= 0.6 is 27.5 Å². The van der Waals surface area contributed by atoms with Gasteiger partial charge < -0.3 is 9.15 Å². The van der Waals surface area contributed by atoms with Gasteiger partial charge in [-0.15, -0.1) is 0 Å². The number of aldehydes is 1. The molecule has 18 heavy (non-hydrogen) atoms. The summed E-state index contributed by atoms with van der Waals surface area (Å²) in [5.74, 6) is 1.18. The molecule has 0 spiro atoms. The molecule has 3 rings (SSSR count). The zero-order valence-corrected chi connectivity index (χ0v) is 11.4. The van der Waals surface area contributed by atoms with Crippen LogP contribution in [-0.2, 0) is 6.42 Å². The largest absolute Gasteiger partial charge is 0.481 e. The first-order chi connectivity index (χ1) is 8.69. The minimum Gasteiger partial charge on any atom is -0.481 e. The molecule has 0 radical (unpaired) electrons. The molecule has 0 saturated heterocycles. The van der Waals surface area contributed by atoms with Crippen LogP contribution in [-0.4, -0.2) is 11.3 Å². The van der Waals surface area contributed by atoms with Crippen LogP contribution in [0.25, 0.3) is 0 Å². The molecular formula is C12H7BrClNO3. The second-order valence-electron chi connectivity index (χ2n) is 3.91. The lowest BCUT2D eigenvalue weighted by Crippen LogP contribution is -2.04. The van der Waals surface area contributed by atoms with Gasteiger partial charge >= 0.3 is 0 Å². The second kappa shape index (κ2) is 4.40. The summed E-state index contributed by atoms with van der Waals surface area (Å²) in [6.07, 6.45) is 2.17. The first-order valence-electron chi connectivity index (χ1n) is 5.22. The van der Waals surface area contributed by atoms with E-state index in [0.717, 1.165) is 15.8 Å². The lowest BCUT2D eigenvalue weighted by Gasteiger charge is -2.08. The van der Waals surface area contributed by atoms with Crippen LogP contribution in [0.3, 0.4) is 0 Å². The molecule has 2 heterocycles. The van der Waals surface area contributed by atoms with Gasteiger partial charge in [-0.2, -0.15) is 0 Å². The van der Waals surface area contributed by atoms with E-state index in [0.29, 0.717) is 23.5 Å². The number of carbonyl (C=O) groups excluding carboxylic acids is 1. The normalized spacial score (nSPS) is 17.3. The number of hydrogen-bond acceptors (Lipinski definition) is 4. The molecule has 0 aliphatic carbocycles. The number of halogens is 2. The van der Waals surface area contributed by atoms with E-state index >= 15 is 0 Å². The molecule has 1 aliphatic rings. The highest BCUT2D eigenvalue weighted by Crippen LogP contribution is 2.43. The molecule has 4 nitrogen and oxygen atoms in total. The van der Waals surface area contributed by atoms with Gasteiger partial charge in [-0.1, -0.05) is 11.6 Å². The van der Waals surface area contributed by atoms with Gasteiger partial charge in [0.25, 0.3) is 0 Å². The van der Waals surface area contributed by atoms with E-state index in [1.165, 1.54) is 6.39 Å². The second-order valence-corrected chi connectivity index (χ2v) is 5.20. The number of nitrogens with zero attached hydrogens (tertiary/aromatic N) is 1. The van der Waals surface area contributed by atoms with Gasteiger partial charge in [0.15, 0.2) is 24.5 Å².